The zero-order chi connectivity index (χ0) is 22.8. The van der Waals surface area contributed by atoms with Crippen LogP contribution in [0.1, 0.15) is 29.8 Å². The molecule has 7 atom stereocenters. The fourth-order valence-electron chi connectivity index (χ4n) is 4.49. The van der Waals surface area contributed by atoms with Crippen molar-refractivity contribution >= 4 is 11.9 Å². The Labute approximate surface area is 191 Å². The summed E-state index contributed by atoms with van der Waals surface area (Å²) in [4.78, 5) is 23.8. The number of carbonyl (C=O) groups is 2. The van der Waals surface area contributed by atoms with Gasteiger partial charge in [-0.3, -0.25) is 0 Å². The second-order valence-corrected chi connectivity index (χ2v) is 8.23. The van der Waals surface area contributed by atoms with Crippen LogP contribution >= 0.6 is 0 Å². The normalized spacial score (nSPS) is 30.3. The quantitative estimate of drug-likeness (QED) is 0.680. The van der Waals surface area contributed by atoms with E-state index in [-0.39, 0.29) is 0 Å². The van der Waals surface area contributed by atoms with Crippen LogP contribution in [0, 0.1) is 0 Å². The van der Waals surface area contributed by atoms with E-state index in [0.717, 1.165) is 5.56 Å². The van der Waals surface area contributed by atoms with Gasteiger partial charge in [0, 0.05) is 18.6 Å². The third kappa shape index (κ3) is 4.48. The van der Waals surface area contributed by atoms with Crippen molar-refractivity contribution in [2.75, 3.05) is 0 Å². The molecule has 0 bridgehead atoms. The lowest BCUT2D eigenvalue weighted by Crippen LogP contribution is -2.43. The van der Waals surface area contributed by atoms with Crippen LogP contribution < -0.4 is 0 Å². The molecular weight excluding hydrogens is 424 g/mol. The average Bonchev–Trinajstić information content (AvgIpc) is 3.20. The summed E-state index contributed by atoms with van der Waals surface area (Å²) in [6.07, 6.45) is 1.28. The number of cyclic esters (lactones) is 1. The highest BCUT2D eigenvalue weighted by molar-refractivity contribution is 5.83. The van der Waals surface area contributed by atoms with Gasteiger partial charge in [-0.1, -0.05) is 66.7 Å². The summed E-state index contributed by atoms with van der Waals surface area (Å²) >= 11 is 0. The first-order valence-corrected chi connectivity index (χ1v) is 10.9. The Balaban J connectivity index is 1.49. The van der Waals surface area contributed by atoms with E-state index in [1.165, 1.54) is 12.2 Å². The molecule has 0 radical (unpaired) electrons. The number of fused-ring (bicyclic) bond motifs is 1. The molecule has 0 spiro atoms. The molecule has 3 aliphatic rings. The van der Waals surface area contributed by atoms with Crippen molar-refractivity contribution in [3.8, 4) is 0 Å². The van der Waals surface area contributed by atoms with Gasteiger partial charge in [-0.05, 0) is 17.2 Å². The molecule has 3 heterocycles. The van der Waals surface area contributed by atoms with Crippen molar-refractivity contribution in [1.82, 2.24) is 0 Å². The molecule has 0 aromatic heterocycles. The number of esters is 2. The topological polar surface area (TPSA) is 91.3 Å². The predicted octanol–water partition coefficient (Wildman–Crippen LogP) is 2.97. The molecule has 3 aliphatic heterocycles. The molecular formula is C26H24O7. The van der Waals surface area contributed by atoms with Gasteiger partial charge < -0.3 is 24.1 Å². The van der Waals surface area contributed by atoms with Crippen molar-refractivity contribution in [1.29, 1.82) is 0 Å². The molecule has 0 saturated carbocycles. The molecule has 7 nitrogen and oxygen atoms in total. The first-order valence-electron chi connectivity index (χ1n) is 10.9. The van der Waals surface area contributed by atoms with Crippen molar-refractivity contribution in [2.24, 2.45) is 0 Å². The summed E-state index contributed by atoms with van der Waals surface area (Å²) in [5, 5.41) is 11.3. The minimum atomic E-state index is -1.15. The Bertz CT molecular complexity index is 1050. The third-order valence-corrected chi connectivity index (χ3v) is 6.06. The Hall–Kier alpha value is -3.26. The van der Waals surface area contributed by atoms with Gasteiger partial charge in [0.15, 0.2) is 6.10 Å². The maximum atomic E-state index is 12.0. The van der Waals surface area contributed by atoms with E-state index in [2.05, 4.69) is 0 Å². The predicted molar refractivity (Wildman–Crippen MR) is 117 cm³/mol. The number of aliphatic hydroxyl groups is 1. The average molecular weight is 448 g/mol. The minimum absolute atomic E-state index is 0.368. The van der Waals surface area contributed by atoms with Crippen LogP contribution in [0.25, 0.3) is 0 Å². The number of ether oxygens (including phenoxy) is 4. The van der Waals surface area contributed by atoms with Crippen LogP contribution in [0.5, 0.6) is 0 Å². The SMILES string of the molecule is O=C1C=C[C@@H]2O[C@@H](c3ccccc3)[C@H](O[C@@H](c3ccccc3)[C@H](O)[C@H]3CC=CC(=O)O3)[C@@H]2O1. The molecule has 0 aliphatic carbocycles. The monoisotopic (exact) mass is 448 g/mol. The van der Waals surface area contributed by atoms with E-state index in [1.807, 2.05) is 60.7 Å². The Morgan fingerprint density at radius 1 is 0.909 bits per heavy atom. The lowest BCUT2D eigenvalue weighted by atomic mass is 9.95. The summed E-state index contributed by atoms with van der Waals surface area (Å²) in [6, 6.07) is 18.8. The third-order valence-electron chi connectivity index (χ3n) is 6.06. The maximum Gasteiger partial charge on any atom is 0.330 e. The zero-order valence-electron chi connectivity index (χ0n) is 17.7. The molecule has 1 N–H and O–H groups in total. The van der Waals surface area contributed by atoms with Gasteiger partial charge in [0.05, 0.1) is 0 Å². The van der Waals surface area contributed by atoms with Crippen molar-refractivity contribution in [2.45, 2.75) is 49.1 Å². The van der Waals surface area contributed by atoms with Crippen molar-refractivity contribution in [3.63, 3.8) is 0 Å². The molecule has 5 rings (SSSR count). The summed E-state index contributed by atoms with van der Waals surface area (Å²) < 4.78 is 23.7. The molecule has 1 fully saturated rings. The van der Waals surface area contributed by atoms with E-state index in [9.17, 15) is 14.7 Å². The highest BCUT2D eigenvalue weighted by Gasteiger charge is 2.50. The number of hydrogen-bond acceptors (Lipinski definition) is 7. The lowest BCUT2D eigenvalue weighted by Gasteiger charge is -2.34. The van der Waals surface area contributed by atoms with Crippen molar-refractivity contribution < 1.29 is 33.6 Å². The second-order valence-electron chi connectivity index (χ2n) is 8.23. The molecule has 2 aromatic rings. The van der Waals surface area contributed by atoms with Gasteiger partial charge in [0.2, 0.25) is 0 Å². The first-order chi connectivity index (χ1) is 16.1. The summed E-state index contributed by atoms with van der Waals surface area (Å²) in [6.45, 7) is 0. The fourth-order valence-corrected chi connectivity index (χ4v) is 4.49. The van der Waals surface area contributed by atoms with Gasteiger partial charge in [-0.2, -0.15) is 0 Å². The summed E-state index contributed by atoms with van der Waals surface area (Å²) in [5.41, 5.74) is 1.58. The van der Waals surface area contributed by atoms with E-state index in [0.29, 0.717) is 12.0 Å². The van der Waals surface area contributed by atoms with Crippen LogP contribution in [0.4, 0.5) is 0 Å². The van der Waals surface area contributed by atoms with E-state index < -0.39 is 54.7 Å². The van der Waals surface area contributed by atoms with Gasteiger partial charge in [-0.15, -0.1) is 0 Å². The van der Waals surface area contributed by atoms with Crippen LogP contribution in [-0.2, 0) is 28.5 Å². The number of benzene rings is 2. The fraction of sp³-hybridized carbons (Fsp3) is 0.308. The molecule has 0 amide bonds. The molecule has 0 unspecified atom stereocenters. The zero-order valence-corrected chi connectivity index (χ0v) is 17.7. The molecule has 7 heteroatoms. The molecule has 170 valence electrons. The van der Waals surface area contributed by atoms with Crippen LogP contribution in [0.2, 0.25) is 0 Å². The van der Waals surface area contributed by atoms with Crippen LogP contribution in [0.3, 0.4) is 0 Å². The number of rotatable bonds is 6. The smallest absolute Gasteiger partial charge is 0.330 e. The van der Waals surface area contributed by atoms with E-state index >= 15 is 0 Å². The van der Waals surface area contributed by atoms with Gasteiger partial charge in [-0.25, -0.2) is 9.59 Å². The lowest BCUT2D eigenvalue weighted by molar-refractivity contribution is -0.177. The Kier molecular flexibility index (Phi) is 6.09. The van der Waals surface area contributed by atoms with Crippen LogP contribution in [-0.4, -0.2) is 47.6 Å². The molecule has 1 saturated heterocycles. The summed E-state index contributed by atoms with van der Waals surface area (Å²) in [5.74, 6) is -0.972. The molecule has 2 aromatic carbocycles. The largest absolute Gasteiger partial charge is 0.456 e. The molecule has 33 heavy (non-hydrogen) atoms. The minimum Gasteiger partial charge on any atom is -0.456 e. The van der Waals surface area contributed by atoms with Crippen molar-refractivity contribution in [3.05, 3.63) is 96.1 Å². The van der Waals surface area contributed by atoms with Gasteiger partial charge in [0.25, 0.3) is 0 Å². The second kappa shape index (κ2) is 9.31. The standard InChI is InChI=1S/C26H24O7/c27-20-13-7-12-18(30-20)22(29)23(16-8-3-1-4-9-16)33-26-24(17-10-5-2-6-11-17)31-19-14-15-21(28)32-25(19)26/h1-11,13-15,18-19,22-26,29H,12H2/t18-,19+,22-,23+,24+,25-,26+/m1/s1. The first kappa shape index (κ1) is 21.6. The highest BCUT2D eigenvalue weighted by atomic mass is 16.6. The van der Waals surface area contributed by atoms with Crippen LogP contribution in [0.15, 0.2) is 85.0 Å². The van der Waals surface area contributed by atoms with Gasteiger partial charge in [0.1, 0.15) is 36.6 Å². The van der Waals surface area contributed by atoms with E-state index in [4.69, 9.17) is 18.9 Å². The number of aliphatic hydroxyl groups excluding tert-OH is 1. The Morgan fingerprint density at radius 2 is 1.61 bits per heavy atom. The summed E-state index contributed by atoms with van der Waals surface area (Å²) in [7, 11) is 0. The Morgan fingerprint density at radius 3 is 2.33 bits per heavy atom. The number of carbonyl (C=O) groups excluding carboxylic acids is 2. The number of hydrogen-bond donors (Lipinski definition) is 1. The maximum absolute atomic E-state index is 12.0. The highest BCUT2D eigenvalue weighted by Crippen LogP contribution is 2.42. The van der Waals surface area contributed by atoms with E-state index in [1.54, 1.807) is 12.2 Å². The van der Waals surface area contributed by atoms with Gasteiger partial charge >= 0.3 is 11.9 Å².